The monoisotopic (exact) mass is 259 g/mol. The van der Waals surface area contributed by atoms with Gasteiger partial charge in [0.05, 0.1) is 11.3 Å². The molecule has 1 aliphatic rings. The largest absolute Gasteiger partial charge is 0.314 e. The molecule has 0 aliphatic carbocycles. The molecule has 0 aromatic heterocycles. The van der Waals surface area contributed by atoms with Gasteiger partial charge in [-0.3, -0.25) is 4.90 Å². The summed E-state index contributed by atoms with van der Waals surface area (Å²) in [6, 6.07) is 0. The van der Waals surface area contributed by atoms with Gasteiger partial charge < -0.3 is 5.32 Å². The minimum absolute atomic E-state index is 0.0953. The fraction of sp³-hybridized carbons (Fsp3) is 0.818. The van der Waals surface area contributed by atoms with Crippen molar-refractivity contribution in [2.75, 3.05) is 38.5 Å². The van der Waals surface area contributed by atoms with E-state index < -0.39 is 15.6 Å². The Bertz CT molecular complexity index is 378. The number of rotatable bonds is 5. The lowest BCUT2D eigenvalue weighted by molar-refractivity contribution is 0.253. The van der Waals surface area contributed by atoms with Gasteiger partial charge in [-0.25, -0.2) is 8.42 Å². The number of nitrogens with one attached hydrogen (secondary N) is 2. The summed E-state index contributed by atoms with van der Waals surface area (Å²) in [6.45, 7) is 7.54. The molecule has 0 amide bonds. The van der Waals surface area contributed by atoms with Gasteiger partial charge in [-0.15, -0.1) is 6.42 Å². The molecular formula is C11H21N3O2S. The minimum atomic E-state index is -3.31. The van der Waals surface area contributed by atoms with E-state index in [4.69, 9.17) is 6.42 Å². The number of hydrogen-bond donors (Lipinski definition) is 2. The van der Waals surface area contributed by atoms with E-state index in [9.17, 15) is 8.42 Å². The van der Waals surface area contributed by atoms with Crippen LogP contribution in [0.5, 0.6) is 0 Å². The van der Waals surface area contributed by atoms with Crippen LogP contribution in [-0.2, 0) is 10.0 Å². The van der Waals surface area contributed by atoms with Gasteiger partial charge in [0, 0.05) is 32.7 Å². The molecule has 0 spiro atoms. The van der Waals surface area contributed by atoms with E-state index in [1.165, 1.54) is 0 Å². The molecule has 0 bridgehead atoms. The molecule has 0 aromatic rings. The van der Waals surface area contributed by atoms with Crippen molar-refractivity contribution >= 4 is 10.0 Å². The van der Waals surface area contributed by atoms with Crippen LogP contribution in [0.25, 0.3) is 0 Å². The molecule has 1 saturated heterocycles. The summed E-state index contributed by atoms with van der Waals surface area (Å²) in [7, 11) is -3.31. The topological polar surface area (TPSA) is 61.4 Å². The Morgan fingerprint density at radius 2 is 2.00 bits per heavy atom. The highest BCUT2D eigenvalue weighted by Gasteiger charge is 2.23. The first-order valence-electron chi connectivity index (χ1n) is 5.77. The number of nitrogens with zero attached hydrogens (tertiary/aromatic N) is 1. The number of sulfonamides is 1. The van der Waals surface area contributed by atoms with Crippen molar-refractivity contribution in [3.05, 3.63) is 0 Å². The molecule has 0 radical (unpaired) electrons. The number of hydrogen-bond acceptors (Lipinski definition) is 4. The first kappa shape index (κ1) is 14.5. The standard InChI is InChI=1S/C11H21N3O2S/c1-4-11(2,3)13-17(15,16)10-9-14-7-5-12-6-8-14/h1,12-13H,5-10H2,2-3H3. The second kappa shape index (κ2) is 5.83. The van der Waals surface area contributed by atoms with Gasteiger partial charge in [0.25, 0.3) is 0 Å². The highest BCUT2D eigenvalue weighted by atomic mass is 32.2. The molecule has 5 nitrogen and oxygen atoms in total. The normalized spacial score (nSPS) is 18.9. The zero-order valence-corrected chi connectivity index (χ0v) is 11.3. The average Bonchev–Trinajstić information content (AvgIpc) is 2.27. The van der Waals surface area contributed by atoms with Crippen LogP contribution in [-0.4, -0.2) is 57.3 Å². The SMILES string of the molecule is C#CC(C)(C)NS(=O)(=O)CCN1CCNCC1. The fourth-order valence-corrected chi connectivity index (χ4v) is 3.09. The van der Waals surface area contributed by atoms with Gasteiger partial charge in [-0.1, -0.05) is 5.92 Å². The highest BCUT2D eigenvalue weighted by molar-refractivity contribution is 7.89. The van der Waals surface area contributed by atoms with Crippen LogP contribution in [0.15, 0.2) is 0 Å². The van der Waals surface area contributed by atoms with E-state index in [1.54, 1.807) is 13.8 Å². The average molecular weight is 259 g/mol. The van der Waals surface area contributed by atoms with Crippen LogP contribution in [0, 0.1) is 12.3 Å². The number of terminal acetylenes is 1. The first-order valence-corrected chi connectivity index (χ1v) is 7.42. The zero-order valence-electron chi connectivity index (χ0n) is 10.5. The van der Waals surface area contributed by atoms with Gasteiger partial charge in [-0.2, -0.15) is 4.72 Å². The molecule has 1 rings (SSSR count). The van der Waals surface area contributed by atoms with E-state index in [-0.39, 0.29) is 5.75 Å². The Labute approximate surface area is 104 Å². The molecule has 98 valence electrons. The van der Waals surface area contributed by atoms with Crippen LogP contribution in [0.4, 0.5) is 0 Å². The minimum Gasteiger partial charge on any atom is -0.314 e. The Hall–Kier alpha value is -0.610. The van der Waals surface area contributed by atoms with Gasteiger partial charge in [-0.05, 0) is 13.8 Å². The van der Waals surface area contributed by atoms with Crippen molar-refractivity contribution in [2.24, 2.45) is 0 Å². The van der Waals surface area contributed by atoms with Crippen molar-refractivity contribution < 1.29 is 8.42 Å². The molecule has 0 saturated carbocycles. The smallest absolute Gasteiger partial charge is 0.214 e. The van der Waals surface area contributed by atoms with Crippen molar-refractivity contribution in [2.45, 2.75) is 19.4 Å². The van der Waals surface area contributed by atoms with Crippen LogP contribution in [0.3, 0.4) is 0 Å². The van der Waals surface area contributed by atoms with E-state index in [0.29, 0.717) is 6.54 Å². The third-order valence-electron chi connectivity index (χ3n) is 2.66. The summed E-state index contributed by atoms with van der Waals surface area (Å²) < 4.78 is 26.1. The van der Waals surface area contributed by atoms with E-state index >= 15 is 0 Å². The highest BCUT2D eigenvalue weighted by Crippen LogP contribution is 2.03. The summed E-state index contributed by atoms with van der Waals surface area (Å²) in [6.07, 6.45) is 5.26. The molecule has 0 aromatic carbocycles. The molecule has 17 heavy (non-hydrogen) atoms. The molecule has 6 heteroatoms. The van der Waals surface area contributed by atoms with Crippen LogP contribution in [0.1, 0.15) is 13.8 Å². The summed E-state index contributed by atoms with van der Waals surface area (Å²) in [5, 5.41) is 3.23. The molecule has 2 N–H and O–H groups in total. The Balaban J connectivity index is 2.42. The Morgan fingerprint density at radius 1 is 1.41 bits per heavy atom. The lowest BCUT2D eigenvalue weighted by atomic mass is 10.1. The third kappa shape index (κ3) is 5.50. The summed E-state index contributed by atoms with van der Waals surface area (Å²) >= 11 is 0. The lowest BCUT2D eigenvalue weighted by Crippen LogP contribution is -2.48. The van der Waals surface area contributed by atoms with Gasteiger partial charge in [0.2, 0.25) is 10.0 Å². The maximum Gasteiger partial charge on any atom is 0.214 e. The number of piperazine rings is 1. The van der Waals surface area contributed by atoms with E-state index in [2.05, 4.69) is 20.9 Å². The van der Waals surface area contributed by atoms with E-state index in [1.807, 2.05) is 0 Å². The van der Waals surface area contributed by atoms with Crippen LogP contribution in [0.2, 0.25) is 0 Å². The molecule has 1 heterocycles. The molecule has 0 atom stereocenters. The van der Waals surface area contributed by atoms with Gasteiger partial charge >= 0.3 is 0 Å². The van der Waals surface area contributed by atoms with Crippen LogP contribution >= 0.6 is 0 Å². The second-order valence-corrected chi connectivity index (χ2v) is 6.62. The maximum atomic E-state index is 11.8. The molecule has 1 fully saturated rings. The van der Waals surface area contributed by atoms with Crippen molar-refractivity contribution in [1.82, 2.24) is 14.9 Å². The molecule has 0 unspecified atom stereocenters. The predicted octanol–water partition coefficient (Wildman–Crippen LogP) is -0.777. The predicted molar refractivity (Wildman–Crippen MR) is 69.1 cm³/mol. The van der Waals surface area contributed by atoms with Crippen molar-refractivity contribution in [3.63, 3.8) is 0 Å². The quantitative estimate of drug-likeness (QED) is 0.636. The van der Waals surface area contributed by atoms with Gasteiger partial charge in [0.1, 0.15) is 0 Å². The van der Waals surface area contributed by atoms with E-state index in [0.717, 1.165) is 26.2 Å². The van der Waals surface area contributed by atoms with Crippen molar-refractivity contribution in [3.8, 4) is 12.3 Å². The summed E-state index contributed by atoms with van der Waals surface area (Å²) in [5.41, 5.74) is -0.817. The Kier molecular flexibility index (Phi) is 4.95. The second-order valence-electron chi connectivity index (χ2n) is 4.78. The summed E-state index contributed by atoms with van der Waals surface area (Å²) in [4.78, 5) is 2.14. The zero-order chi connectivity index (χ0) is 12.9. The lowest BCUT2D eigenvalue weighted by Gasteiger charge is -2.27. The first-order chi connectivity index (χ1) is 7.85. The Morgan fingerprint density at radius 3 is 2.53 bits per heavy atom. The third-order valence-corrected chi connectivity index (χ3v) is 4.20. The molecular weight excluding hydrogens is 238 g/mol. The van der Waals surface area contributed by atoms with Crippen molar-refractivity contribution in [1.29, 1.82) is 0 Å². The summed E-state index contributed by atoms with van der Waals surface area (Å²) in [5.74, 6) is 2.52. The van der Waals surface area contributed by atoms with Gasteiger partial charge in [0.15, 0.2) is 0 Å². The molecule has 1 aliphatic heterocycles. The fourth-order valence-electron chi connectivity index (χ4n) is 1.65. The maximum absolute atomic E-state index is 11.8. The van der Waals surface area contributed by atoms with Crippen LogP contribution < -0.4 is 10.0 Å².